The molecule has 1 aliphatic heterocycles. The van der Waals surface area contributed by atoms with Crippen LogP contribution in [0.25, 0.3) is 0 Å². The maximum atomic E-state index is 13.4. The summed E-state index contributed by atoms with van der Waals surface area (Å²) in [4.78, 5) is 0. The molecule has 2 unspecified atom stereocenters. The van der Waals surface area contributed by atoms with Gasteiger partial charge in [0.05, 0.1) is 36.1 Å². The van der Waals surface area contributed by atoms with Gasteiger partial charge in [0.1, 0.15) is 5.82 Å². The van der Waals surface area contributed by atoms with E-state index in [-0.39, 0.29) is 18.3 Å². The van der Waals surface area contributed by atoms with Crippen molar-refractivity contribution in [3.8, 4) is 0 Å². The summed E-state index contributed by atoms with van der Waals surface area (Å²) in [5.74, 6) is -0.429. The van der Waals surface area contributed by atoms with E-state index in [1.165, 1.54) is 12.1 Å². The third-order valence-electron chi connectivity index (χ3n) is 2.34. The molecular weight excluding hydrogens is 221 g/mol. The molecule has 1 aliphatic rings. The van der Waals surface area contributed by atoms with E-state index in [0.717, 1.165) is 0 Å². The number of hydrogen-bond donors (Lipinski definition) is 2. The highest BCUT2D eigenvalue weighted by atomic mass is 35.5. The van der Waals surface area contributed by atoms with Crippen LogP contribution in [0.15, 0.2) is 18.2 Å². The number of aliphatic hydroxyl groups excluding tert-OH is 1. The Bertz CT molecular complexity index is 341. The predicted octanol–water partition coefficient (Wildman–Crippen LogP) is 1.65. The quantitative estimate of drug-likeness (QED) is 0.813. The summed E-state index contributed by atoms with van der Waals surface area (Å²) in [5, 5.41) is 12.6. The smallest absolute Gasteiger partial charge is 0.147 e. The Morgan fingerprint density at radius 1 is 1.47 bits per heavy atom. The number of halogens is 2. The summed E-state index contributed by atoms with van der Waals surface area (Å²) in [6.07, 6.45) is -0.624. The van der Waals surface area contributed by atoms with E-state index >= 15 is 0 Å². The van der Waals surface area contributed by atoms with Crippen LogP contribution < -0.4 is 5.32 Å². The summed E-state index contributed by atoms with van der Waals surface area (Å²) in [6.45, 7) is 0.621. The Hall–Kier alpha value is -0.840. The molecule has 0 amide bonds. The maximum Gasteiger partial charge on any atom is 0.147 e. The molecule has 3 nitrogen and oxygen atoms in total. The van der Waals surface area contributed by atoms with E-state index in [2.05, 4.69) is 5.32 Å². The van der Waals surface area contributed by atoms with E-state index in [1.54, 1.807) is 6.07 Å². The molecule has 1 saturated heterocycles. The van der Waals surface area contributed by atoms with Gasteiger partial charge in [-0.05, 0) is 12.1 Å². The molecule has 0 aliphatic carbocycles. The first-order valence-electron chi connectivity index (χ1n) is 4.65. The van der Waals surface area contributed by atoms with Gasteiger partial charge in [0.25, 0.3) is 0 Å². The van der Waals surface area contributed by atoms with Crippen molar-refractivity contribution >= 4 is 17.3 Å². The summed E-state index contributed by atoms with van der Waals surface area (Å²) in [5.41, 5.74) is 0.216. The standard InChI is InChI=1S/C10H11ClFNO2/c11-6-2-1-3-7(12)10(6)13-8-4-15-5-9(8)14/h1-3,8-9,13-14H,4-5H2. The first-order chi connectivity index (χ1) is 7.18. The van der Waals surface area contributed by atoms with Gasteiger partial charge >= 0.3 is 0 Å². The molecule has 1 aromatic carbocycles. The lowest BCUT2D eigenvalue weighted by atomic mass is 10.2. The normalized spacial score (nSPS) is 25.5. The van der Waals surface area contributed by atoms with Crippen molar-refractivity contribution in [2.45, 2.75) is 12.1 Å². The molecule has 15 heavy (non-hydrogen) atoms. The SMILES string of the molecule is OC1COCC1Nc1c(F)cccc1Cl. The minimum atomic E-state index is -0.624. The van der Waals surface area contributed by atoms with Gasteiger partial charge in [-0.1, -0.05) is 17.7 Å². The van der Waals surface area contributed by atoms with E-state index in [9.17, 15) is 9.50 Å². The minimum absolute atomic E-state index is 0.216. The van der Waals surface area contributed by atoms with Crippen molar-refractivity contribution < 1.29 is 14.2 Å². The van der Waals surface area contributed by atoms with Crippen molar-refractivity contribution in [3.05, 3.63) is 29.0 Å². The van der Waals surface area contributed by atoms with Crippen LogP contribution >= 0.6 is 11.6 Å². The van der Waals surface area contributed by atoms with Gasteiger partial charge in [-0.25, -0.2) is 4.39 Å². The highest BCUT2D eigenvalue weighted by molar-refractivity contribution is 6.33. The van der Waals surface area contributed by atoms with Crippen LogP contribution in [-0.4, -0.2) is 30.5 Å². The first-order valence-corrected chi connectivity index (χ1v) is 5.02. The molecule has 1 heterocycles. The minimum Gasteiger partial charge on any atom is -0.388 e. The molecular formula is C10H11ClFNO2. The van der Waals surface area contributed by atoms with Crippen molar-refractivity contribution in [3.63, 3.8) is 0 Å². The molecule has 2 rings (SSSR count). The maximum absolute atomic E-state index is 13.4. The van der Waals surface area contributed by atoms with Crippen LogP contribution in [0.3, 0.4) is 0 Å². The fraction of sp³-hybridized carbons (Fsp3) is 0.400. The average Bonchev–Trinajstić information content (AvgIpc) is 2.58. The number of nitrogens with one attached hydrogen (secondary N) is 1. The Morgan fingerprint density at radius 3 is 2.87 bits per heavy atom. The van der Waals surface area contributed by atoms with E-state index in [4.69, 9.17) is 16.3 Å². The summed E-state index contributed by atoms with van der Waals surface area (Å²) in [7, 11) is 0. The fourth-order valence-corrected chi connectivity index (χ4v) is 1.72. The van der Waals surface area contributed by atoms with Gasteiger partial charge in [0, 0.05) is 0 Å². The van der Waals surface area contributed by atoms with E-state index < -0.39 is 11.9 Å². The monoisotopic (exact) mass is 231 g/mol. The lowest BCUT2D eigenvalue weighted by molar-refractivity contribution is 0.125. The second kappa shape index (κ2) is 4.35. The number of benzene rings is 1. The molecule has 82 valence electrons. The molecule has 1 fully saturated rings. The second-order valence-corrected chi connectivity index (χ2v) is 3.86. The van der Waals surface area contributed by atoms with Crippen LogP contribution in [0.4, 0.5) is 10.1 Å². The van der Waals surface area contributed by atoms with E-state index in [1.807, 2.05) is 0 Å². The third-order valence-corrected chi connectivity index (χ3v) is 2.66. The Morgan fingerprint density at radius 2 is 2.27 bits per heavy atom. The van der Waals surface area contributed by atoms with Gasteiger partial charge in [-0.3, -0.25) is 0 Å². The number of anilines is 1. The third kappa shape index (κ3) is 2.22. The fourth-order valence-electron chi connectivity index (χ4n) is 1.50. The number of para-hydroxylation sites is 1. The Kier molecular flexibility index (Phi) is 3.09. The lowest BCUT2D eigenvalue weighted by Crippen LogP contribution is -2.32. The highest BCUT2D eigenvalue weighted by Crippen LogP contribution is 2.26. The Balaban J connectivity index is 2.16. The van der Waals surface area contributed by atoms with Gasteiger partial charge < -0.3 is 15.2 Å². The topological polar surface area (TPSA) is 41.5 Å². The highest BCUT2D eigenvalue weighted by Gasteiger charge is 2.27. The zero-order valence-electron chi connectivity index (χ0n) is 7.91. The molecule has 2 N–H and O–H groups in total. The predicted molar refractivity (Wildman–Crippen MR) is 55.6 cm³/mol. The first kappa shape index (κ1) is 10.7. The number of ether oxygens (including phenoxy) is 1. The van der Waals surface area contributed by atoms with Crippen molar-refractivity contribution in [1.82, 2.24) is 0 Å². The number of hydrogen-bond acceptors (Lipinski definition) is 3. The van der Waals surface area contributed by atoms with Crippen LogP contribution in [-0.2, 0) is 4.74 Å². The van der Waals surface area contributed by atoms with Crippen molar-refractivity contribution in [1.29, 1.82) is 0 Å². The molecule has 0 aromatic heterocycles. The van der Waals surface area contributed by atoms with E-state index in [0.29, 0.717) is 11.6 Å². The largest absolute Gasteiger partial charge is 0.388 e. The molecule has 2 atom stereocenters. The zero-order valence-corrected chi connectivity index (χ0v) is 8.67. The van der Waals surface area contributed by atoms with Gasteiger partial charge in [-0.15, -0.1) is 0 Å². The molecule has 0 saturated carbocycles. The van der Waals surface area contributed by atoms with Gasteiger partial charge in [0.15, 0.2) is 0 Å². The summed E-state index contributed by atoms with van der Waals surface area (Å²) >= 11 is 5.83. The zero-order chi connectivity index (χ0) is 10.8. The second-order valence-electron chi connectivity index (χ2n) is 3.45. The molecule has 5 heteroatoms. The molecule has 0 radical (unpaired) electrons. The molecule has 1 aromatic rings. The van der Waals surface area contributed by atoms with Crippen molar-refractivity contribution in [2.24, 2.45) is 0 Å². The molecule has 0 spiro atoms. The summed E-state index contributed by atoms with van der Waals surface area (Å²) in [6, 6.07) is 4.13. The Labute approximate surface area is 91.8 Å². The average molecular weight is 232 g/mol. The van der Waals surface area contributed by atoms with Gasteiger partial charge in [-0.2, -0.15) is 0 Å². The van der Waals surface area contributed by atoms with Crippen LogP contribution in [0.2, 0.25) is 5.02 Å². The van der Waals surface area contributed by atoms with Gasteiger partial charge in [0.2, 0.25) is 0 Å². The van der Waals surface area contributed by atoms with Crippen LogP contribution in [0.1, 0.15) is 0 Å². The number of aliphatic hydroxyl groups is 1. The molecule has 0 bridgehead atoms. The lowest BCUT2D eigenvalue weighted by Gasteiger charge is -2.17. The van der Waals surface area contributed by atoms with Crippen LogP contribution in [0.5, 0.6) is 0 Å². The summed E-state index contributed by atoms with van der Waals surface area (Å²) < 4.78 is 18.4. The van der Waals surface area contributed by atoms with Crippen molar-refractivity contribution in [2.75, 3.05) is 18.5 Å². The van der Waals surface area contributed by atoms with Crippen LogP contribution in [0, 0.1) is 5.82 Å². The number of rotatable bonds is 2.